The van der Waals surface area contributed by atoms with Crippen molar-refractivity contribution in [3.63, 3.8) is 0 Å². The topological polar surface area (TPSA) is 35.5 Å². The maximum atomic E-state index is 10.8. The molecule has 0 bridgehead atoms. The van der Waals surface area contributed by atoms with Crippen molar-refractivity contribution in [3.05, 3.63) is 29.8 Å². The van der Waals surface area contributed by atoms with Crippen molar-refractivity contribution in [1.82, 2.24) is 0 Å². The summed E-state index contributed by atoms with van der Waals surface area (Å²) in [6, 6.07) is 6.68. The molecule has 0 saturated carbocycles. The summed E-state index contributed by atoms with van der Waals surface area (Å²) >= 11 is 5.30. The Hall–Kier alpha value is -1.06. The molecule has 82 valence electrons. The van der Waals surface area contributed by atoms with Gasteiger partial charge in [-0.3, -0.25) is 4.79 Å². The normalized spacial score (nSPS) is 10.0. The standard InChI is InChI=1S/C11H13ClO3/c1-2-14-7-8-15-10-5-3-9(4-6-10)11(12)13/h3-6H,2,7-8H2,1H3. The smallest absolute Gasteiger partial charge is 0.252 e. The first-order valence-electron chi connectivity index (χ1n) is 4.74. The van der Waals surface area contributed by atoms with Crippen molar-refractivity contribution in [2.45, 2.75) is 6.92 Å². The molecule has 0 heterocycles. The van der Waals surface area contributed by atoms with Gasteiger partial charge in [-0.15, -0.1) is 0 Å². The number of benzene rings is 1. The Kier molecular flexibility index (Phi) is 5.15. The van der Waals surface area contributed by atoms with E-state index in [4.69, 9.17) is 21.1 Å². The SMILES string of the molecule is CCOCCOc1ccc(C(=O)Cl)cc1. The maximum Gasteiger partial charge on any atom is 0.252 e. The van der Waals surface area contributed by atoms with Gasteiger partial charge < -0.3 is 9.47 Å². The molecule has 0 unspecified atom stereocenters. The Morgan fingerprint density at radius 2 is 1.93 bits per heavy atom. The highest BCUT2D eigenvalue weighted by Crippen LogP contribution is 2.13. The van der Waals surface area contributed by atoms with Crippen LogP contribution in [0.3, 0.4) is 0 Å². The molecule has 0 amide bonds. The van der Waals surface area contributed by atoms with E-state index in [1.807, 2.05) is 6.92 Å². The van der Waals surface area contributed by atoms with Crippen LogP contribution >= 0.6 is 11.6 Å². The third-order valence-electron chi connectivity index (χ3n) is 1.78. The van der Waals surface area contributed by atoms with E-state index in [1.165, 1.54) is 0 Å². The molecule has 0 aromatic heterocycles. The van der Waals surface area contributed by atoms with Crippen LogP contribution in [0, 0.1) is 0 Å². The quantitative estimate of drug-likeness (QED) is 0.554. The van der Waals surface area contributed by atoms with Gasteiger partial charge in [0.25, 0.3) is 5.24 Å². The second kappa shape index (κ2) is 6.43. The highest BCUT2D eigenvalue weighted by atomic mass is 35.5. The second-order valence-electron chi connectivity index (χ2n) is 2.84. The first-order valence-corrected chi connectivity index (χ1v) is 5.12. The third-order valence-corrected chi connectivity index (χ3v) is 2.00. The third kappa shape index (κ3) is 4.32. The van der Waals surface area contributed by atoms with Gasteiger partial charge in [-0.25, -0.2) is 0 Å². The van der Waals surface area contributed by atoms with E-state index in [-0.39, 0.29) is 0 Å². The molecule has 0 N–H and O–H groups in total. The van der Waals surface area contributed by atoms with Crippen LogP contribution in [0.1, 0.15) is 17.3 Å². The van der Waals surface area contributed by atoms with Gasteiger partial charge in [0.2, 0.25) is 0 Å². The summed E-state index contributed by atoms with van der Waals surface area (Å²) in [7, 11) is 0. The predicted octanol–water partition coefficient (Wildman–Crippen LogP) is 2.48. The van der Waals surface area contributed by atoms with Gasteiger partial charge >= 0.3 is 0 Å². The van der Waals surface area contributed by atoms with Gasteiger partial charge in [-0.05, 0) is 42.8 Å². The number of ether oxygens (including phenoxy) is 2. The lowest BCUT2D eigenvalue weighted by Gasteiger charge is -2.05. The fraction of sp³-hybridized carbons (Fsp3) is 0.364. The molecule has 0 radical (unpaired) electrons. The lowest BCUT2D eigenvalue weighted by molar-refractivity contribution is 0.107. The minimum absolute atomic E-state index is 0.462. The van der Waals surface area contributed by atoms with Crippen LogP contribution in [0.2, 0.25) is 0 Å². The summed E-state index contributed by atoms with van der Waals surface area (Å²) in [5.41, 5.74) is 0.467. The molecular weight excluding hydrogens is 216 g/mol. The molecule has 0 aliphatic heterocycles. The molecule has 3 nitrogen and oxygen atoms in total. The Morgan fingerprint density at radius 3 is 2.47 bits per heavy atom. The van der Waals surface area contributed by atoms with Gasteiger partial charge in [0, 0.05) is 12.2 Å². The van der Waals surface area contributed by atoms with Crippen molar-refractivity contribution >= 4 is 16.8 Å². The minimum atomic E-state index is -0.462. The fourth-order valence-corrected chi connectivity index (χ4v) is 1.17. The zero-order valence-electron chi connectivity index (χ0n) is 8.53. The molecule has 0 saturated heterocycles. The van der Waals surface area contributed by atoms with E-state index in [0.29, 0.717) is 31.1 Å². The van der Waals surface area contributed by atoms with Gasteiger partial charge in [-0.1, -0.05) is 0 Å². The molecule has 0 aliphatic rings. The Morgan fingerprint density at radius 1 is 1.27 bits per heavy atom. The second-order valence-corrected chi connectivity index (χ2v) is 3.19. The highest BCUT2D eigenvalue weighted by Gasteiger charge is 2.00. The lowest BCUT2D eigenvalue weighted by atomic mass is 10.2. The molecule has 0 aliphatic carbocycles. The number of halogens is 1. The summed E-state index contributed by atoms with van der Waals surface area (Å²) < 4.78 is 10.5. The van der Waals surface area contributed by atoms with Crippen molar-refractivity contribution in [3.8, 4) is 5.75 Å². The summed E-state index contributed by atoms with van der Waals surface area (Å²) in [6.07, 6.45) is 0. The number of carbonyl (C=O) groups is 1. The van der Waals surface area contributed by atoms with Crippen LogP contribution in [-0.4, -0.2) is 25.1 Å². The van der Waals surface area contributed by atoms with Crippen molar-refractivity contribution in [2.24, 2.45) is 0 Å². The summed E-state index contributed by atoms with van der Waals surface area (Å²) in [5.74, 6) is 0.705. The van der Waals surface area contributed by atoms with Crippen LogP contribution in [0.5, 0.6) is 5.75 Å². The monoisotopic (exact) mass is 228 g/mol. The highest BCUT2D eigenvalue weighted by molar-refractivity contribution is 6.67. The van der Waals surface area contributed by atoms with Crippen LogP contribution in [0.15, 0.2) is 24.3 Å². The zero-order chi connectivity index (χ0) is 11.1. The maximum absolute atomic E-state index is 10.8. The van der Waals surface area contributed by atoms with Crippen LogP contribution in [0.25, 0.3) is 0 Å². The van der Waals surface area contributed by atoms with E-state index in [1.54, 1.807) is 24.3 Å². The molecule has 0 atom stereocenters. The molecule has 0 spiro atoms. The van der Waals surface area contributed by atoms with Gasteiger partial charge in [0.1, 0.15) is 12.4 Å². The summed E-state index contributed by atoms with van der Waals surface area (Å²) in [4.78, 5) is 10.8. The molecule has 1 aromatic rings. The number of hydrogen-bond acceptors (Lipinski definition) is 3. The number of rotatable bonds is 6. The Balaban J connectivity index is 2.39. The van der Waals surface area contributed by atoms with Gasteiger partial charge in [-0.2, -0.15) is 0 Å². The average Bonchev–Trinajstić information content (AvgIpc) is 2.25. The van der Waals surface area contributed by atoms with E-state index < -0.39 is 5.24 Å². The Labute approximate surface area is 93.9 Å². The van der Waals surface area contributed by atoms with Crippen molar-refractivity contribution < 1.29 is 14.3 Å². The molecule has 4 heteroatoms. The first-order chi connectivity index (χ1) is 7.24. The minimum Gasteiger partial charge on any atom is -0.491 e. The van der Waals surface area contributed by atoms with Crippen molar-refractivity contribution in [1.29, 1.82) is 0 Å². The lowest BCUT2D eigenvalue weighted by Crippen LogP contribution is -2.06. The first kappa shape index (κ1) is 12.0. The number of hydrogen-bond donors (Lipinski definition) is 0. The van der Waals surface area contributed by atoms with Gasteiger partial charge in [0.05, 0.1) is 6.61 Å². The summed E-state index contributed by atoms with van der Waals surface area (Å²) in [6.45, 7) is 3.68. The largest absolute Gasteiger partial charge is 0.491 e. The van der Waals surface area contributed by atoms with E-state index in [9.17, 15) is 4.79 Å². The Bertz CT molecular complexity index is 308. The van der Waals surface area contributed by atoms with Gasteiger partial charge in [0.15, 0.2) is 0 Å². The van der Waals surface area contributed by atoms with Crippen LogP contribution in [0.4, 0.5) is 0 Å². The molecule has 1 rings (SSSR count). The van der Waals surface area contributed by atoms with E-state index >= 15 is 0 Å². The fourth-order valence-electron chi connectivity index (χ4n) is 1.04. The molecule has 1 aromatic carbocycles. The molecular formula is C11H13ClO3. The predicted molar refractivity (Wildman–Crippen MR) is 58.6 cm³/mol. The van der Waals surface area contributed by atoms with Crippen LogP contribution in [-0.2, 0) is 4.74 Å². The zero-order valence-corrected chi connectivity index (χ0v) is 9.29. The van der Waals surface area contributed by atoms with Crippen molar-refractivity contribution in [2.75, 3.05) is 19.8 Å². The van der Waals surface area contributed by atoms with Crippen LogP contribution < -0.4 is 4.74 Å². The van der Waals surface area contributed by atoms with E-state index in [0.717, 1.165) is 0 Å². The number of carbonyl (C=O) groups excluding carboxylic acids is 1. The summed E-state index contributed by atoms with van der Waals surface area (Å²) in [5, 5.41) is -0.462. The molecule has 0 fully saturated rings. The average molecular weight is 229 g/mol. The molecule has 15 heavy (non-hydrogen) atoms. The van der Waals surface area contributed by atoms with E-state index in [2.05, 4.69) is 0 Å².